The van der Waals surface area contributed by atoms with E-state index in [9.17, 15) is 0 Å². The molecule has 0 amide bonds. The third-order valence-electron chi connectivity index (χ3n) is 9.06. The van der Waals surface area contributed by atoms with Gasteiger partial charge in [-0.1, -0.05) is 32.1 Å². The SMILES string of the molecule is C1CCC2CC3CC4C(CC3CC2C1)C1CCCCN1N1NNNNC41. The maximum atomic E-state index is 3.57. The Morgan fingerprint density at radius 2 is 1.38 bits per heavy atom. The molecule has 3 aliphatic heterocycles. The summed E-state index contributed by atoms with van der Waals surface area (Å²) in [7, 11) is 0. The first-order valence-corrected chi connectivity index (χ1v) is 11.5. The molecule has 8 atom stereocenters. The van der Waals surface area contributed by atoms with Crippen molar-refractivity contribution in [2.24, 2.45) is 35.5 Å². The minimum atomic E-state index is 0.389. The van der Waals surface area contributed by atoms with Gasteiger partial charge in [-0.3, -0.25) is 0 Å². The van der Waals surface area contributed by atoms with E-state index in [4.69, 9.17) is 0 Å². The summed E-state index contributed by atoms with van der Waals surface area (Å²) in [6.07, 6.45) is 16.6. The van der Waals surface area contributed by atoms with Crippen LogP contribution in [-0.2, 0) is 0 Å². The molecule has 3 aliphatic carbocycles. The number of fused-ring (bicyclic) bond motifs is 8. The Morgan fingerprint density at radius 3 is 2.19 bits per heavy atom. The van der Waals surface area contributed by atoms with Crippen molar-refractivity contribution in [2.45, 2.75) is 82.8 Å². The van der Waals surface area contributed by atoms with Crippen LogP contribution in [0.4, 0.5) is 0 Å². The highest BCUT2D eigenvalue weighted by Gasteiger charge is 2.54. The standard InChI is InChI=1S/C20H36N6/c1-2-6-14-10-16-12-18-17(11-15(16)9-13(14)5-1)19-7-3-4-8-25(19)26-20(18)21-22-23-24-26/h13-24H,1-12H2. The van der Waals surface area contributed by atoms with Gasteiger partial charge in [0.25, 0.3) is 0 Å². The predicted molar refractivity (Wildman–Crippen MR) is 100 cm³/mol. The zero-order valence-electron chi connectivity index (χ0n) is 16.0. The summed E-state index contributed by atoms with van der Waals surface area (Å²) in [5, 5.41) is 5.05. The lowest BCUT2D eigenvalue weighted by molar-refractivity contribution is -0.263. The quantitative estimate of drug-likeness (QED) is 0.532. The third kappa shape index (κ3) is 2.60. The first-order chi connectivity index (χ1) is 12.9. The van der Waals surface area contributed by atoms with Crippen molar-refractivity contribution in [2.75, 3.05) is 6.54 Å². The minimum absolute atomic E-state index is 0.389. The molecular formula is C20H36N6. The van der Waals surface area contributed by atoms with Crippen molar-refractivity contribution < 1.29 is 0 Å². The normalized spacial score (nSPS) is 52.2. The molecule has 0 aromatic carbocycles. The van der Waals surface area contributed by atoms with E-state index in [0.29, 0.717) is 6.17 Å². The fourth-order valence-corrected chi connectivity index (χ4v) is 7.98. The molecule has 146 valence electrons. The molecule has 26 heavy (non-hydrogen) atoms. The number of nitrogens with one attached hydrogen (secondary N) is 4. The van der Waals surface area contributed by atoms with Gasteiger partial charge in [0, 0.05) is 12.6 Å². The molecule has 0 aromatic rings. The fourth-order valence-electron chi connectivity index (χ4n) is 7.98. The molecule has 6 heteroatoms. The van der Waals surface area contributed by atoms with Crippen molar-refractivity contribution in [3.63, 3.8) is 0 Å². The van der Waals surface area contributed by atoms with Gasteiger partial charge >= 0.3 is 0 Å². The van der Waals surface area contributed by atoms with Gasteiger partial charge in [0.2, 0.25) is 0 Å². The Bertz CT molecular complexity index is 482. The lowest BCUT2D eigenvalue weighted by Gasteiger charge is -2.62. The van der Waals surface area contributed by atoms with E-state index < -0.39 is 0 Å². The molecular weight excluding hydrogens is 324 g/mol. The van der Waals surface area contributed by atoms with E-state index in [2.05, 4.69) is 32.2 Å². The van der Waals surface area contributed by atoms with Crippen LogP contribution in [0.5, 0.6) is 0 Å². The van der Waals surface area contributed by atoms with Gasteiger partial charge < -0.3 is 0 Å². The molecule has 6 rings (SSSR count). The first-order valence-electron chi connectivity index (χ1n) is 11.5. The molecule has 8 unspecified atom stereocenters. The van der Waals surface area contributed by atoms with Crippen LogP contribution in [0.25, 0.3) is 0 Å². The Kier molecular flexibility index (Phi) is 4.29. The van der Waals surface area contributed by atoms with Crippen molar-refractivity contribution in [1.82, 2.24) is 32.2 Å². The summed E-state index contributed by atoms with van der Waals surface area (Å²) >= 11 is 0. The molecule has 0 aromatic heterocycles. The minimum Gasteiger partial charge on any atom is -0.223 e. The van der Waals surface area contributed by atoms with Crippen LogP contribution in [0.1, 0.15) is 70.6 Å². The summed E-state index contributed by atoms with van der Waals surface area (Å²) in [5.74, 6) is 5.80. The van der Waals surface area contributed by atoms with Crippen LogP contribution in [-0.4, -0.2) is 28.9 Å². The van der Waals surface area contributed by atoms with E-state index in [-0.39, 0.29) is 0 Å². The van der Waals surface area contributed by atoms with Crippen molar-refractivity contribution in [3.8, 4) is 0 Å². The highest BCUT2D eigenvalue weighted by molar-refractivity contribution is 5.02. The Hall–Kier alpha value is -0.240. The summed E-state index contributed by atoms with van der Waals surface area (Å²) in [6, 6.07) is 0.754. The summed E-state index contributed by atoms with van der Waals surface area (Å²) in [6.45, 7) is 1.21. The highest BCUT2D eigenvalue weighted by Crippen LogP contribution is 2.55. The summed E-state index contributed by atoms with van der Waals surface area (Å²) in [4.78, 5) is 0. The van der Waals surface area contributed by atoms with Gasteiger partial charge in [-0.05, 0) is 74.0 Å². The molecule has 0 spiro atoms. The number of rotatable bonds is 0. The smallest absolute Gasteiger partial charge is 0.108 e. The number of piperidine rings is 1. The Labute approximate surface area is 157 Å². The predicted octanol–water partition coefficient (Wildman–Crippen LogP) is 2.29. The zero-order valence-corrected chi connectivity index (χ0v) is 16.0. The fraction of sp³-hybridized carbons (Fsp3) is 1.00. The van der Waals surface area contributed by atoms with Crippen LogP contribution < -0.4 is 22.0 Å². The molecule has 3 saturated carbocycles. The van der Waals surface area contributed by atoms with Crippen LogP contribution in [0.3, 0.4) is 0 Å². The van der Waals surface area contributed by atoms with E-state index in [1.54, 1.807) is 12.8 Å². The van der Waals surface area contributed by atoms with Crippen LogP contribution in [0, 0.1) is 35.5 Å². The average molecular weight is 361 g/mol. The molecule has 0 bridgehead atoms. The lowest BCUT2D eigenvalue weighted by Crippen LogP contribution is -2.81. The highest BCUT2D eigenvalue weighted by atomic mass is 16.0. The van der Waals surface area contributed by atoms with Crippen molar-refractivity contribution in [1.29, 1.82) is 0 Å². The molecule has 3 saturated heterocycles. The van der Waals surface area contributed by atoms with E-state index in [1.807, 2.05) is 0 Å². The number of hydrazine groups is 5. The molecule has 6 fully saturated rings. The second-order valence-electron chi connectivity index (χ2n) is 10.1. The number of hydrogen-bond donors (Lipinski definition) is 4. The van der Waals surface area contributed by atoms with Gasteiger partial charge in [-0.15, -0.1) is 5.12 Å². The average Bonchev–Trinajstić information content (AvgIpc) is 2.71. The largest absolute Gasteiger partial charge is 0.223 e. The third-order valence-corrected chi connectivity index (χ3v) is 9.06. The number of nitrogens with zero attached hydrogens (tertiary/aromatic N) is 2. The topological polar surface area (TPSA) is 54.6 Å². The number of hydrogen-bond acceptors (Lipinski definition) is 6. The lowest BCUT2D eigenvalue weighted by atomic mass is 9.54. The second kappa shape index (κ2) is 6.68. The van der Waals surface area contributed by atoms with Crippen molar-refractivity contribution >= 4 is 0 Å². The maximum Gasteiger partial charge on any atom is 0.108 e. The molecule has 6 aliphatic rings. The van der Waals surface area contributed by atoms with Gasteiger partial charge in [0.1, 0.15) is 6.17 Å². The zero-order chi connectivity index (χ0) is 17.1. The molecule has 6 nitrogen and oxygen atoms in total. The summed E-state index contributed by atoms with van der Waals surface area (Å²) in [5.41, 5.74) is 13.2. The Balaban J connectivity index is 1.27. The van der Waals surface area contributed by atoms with Gasteiger partial charge in [0.15, 0.2) is 0 Å². The van der Waals surface area contributed by atoms with Crippen LogP contribution in [0.2, 0.25) is 0 Å². The van der Waals surface area contributed by atoms with E-state index >= 15 is 0 Å². The molecule has 3 heterocycles. The van der Waals surface area contributed by atoms with Crippen LogP contribution in [0.15, 0.2) is 0 Å². The molecule has 0 radical (unpaired) electrons. The maximum absolute atomic E-state index is 3.57. The van der Waals surface area contributed by atoms with E-state index in [1.165, 1.54) is 64.3 Å². The summed E-state index contributed by atoms with van der Waals surface area (Å²) < 4.78 is 0. The monoisotopic (exact) mass is 360 g/mol. The Morgan fingerprint density at radius 1 is 0.654 bits per heavy atom. The molecule has 4 N–H and O–H groups in total. The second-order valence-corrected chi connectivity index (χ2v) is 10.1. The van der Waals surface area contributed by atoms with Crippen LogP contribution >= 0.6 is 0 Å². The van der Waals surface area contributed by atoms with Gasteiger partial charge in [-0.2, -0.15) is 16.6 Å². The van der Waals surface area contributed by atoms with Gasteiger partial charge in [0.05, 0.1) is 0 Å². The van der Waals surface area contributed by atoms with Gasteiger partial charge in [-0.25, -0.2) is 10.4 Å². The first kappa shape index (κ1) is 16.7. The van der Waals surface area contributed by atoms with E-state index in [0.717, 1.165) is 41.5 Å². The van der Waals surface area contributed by atoms with Crippen molar-refractivity contribution in [3.05, 3.63) is 0 Å².